The van der Waals surface area contributed by atoms with Crippen molar-refractivity contribution in [3.8, 4) is 5.75 Å². The van der Waals surface area contributed by atoms with Gasteiger partial charge in [0.05, 0.1) is 17.7 Å². The van der Waals surface area contributed by atoms with Gasteiger partial charge >= 0.3 is 0 Å². The number of benzene rings is 2. The molecule has 1 fully saturated rings. The number of nitrogens with one attached hydrogen (secondary N) is 1. The lowest BCUT2D eigenvalue weighted by Gasteiger charge is -2.38. The van der Waals surface area contributed by atoms with E-state index in [4.69, 9.17) is 4.74 Å². The molecule has 1 aliphatic rings. The van der Waals surface area contributed by atoms with E-state index < -0.39 is 16.1 Å². The number of hydrogen-bond acceptors (Lipinski definition) is 5. The van der Waals surface area contributed by atoms with E-state index in [2.05, 4.69) is 9.62 Å². The zero-order valence-electron chi connectivity index (χ0n) is 17.6. The molecule has 0 radical (unpaired) electrons. The van der Waals surface area contributed by atoms with Crippen LogP contribution in [-0.4, -0.2) is 58.6 Å². The highest BCUT2D eigenvalue weighted by atomic mass is 32.2. The molecule has 3 rings (SSSR count). The van der Waals surface area contributed by atoms with Crippen LogP contribution < -0.4 is 14.4 Å². The molecule has 0 saturated carbocycles. The average molecular weight is 432 g/mol. The molecular formula is C22H29N3O4S. The van der Waals surface area contributed by atoms with Crippen LogP contribution in [0.4, 0.5) is 5.69 Å². The second-order valence-electron chi connectivity index (χ2n) is 7.64. The topological polar surface area (TPSA) is 79.0 Å². The molecule has 7 nitrogen and oxygen atoms in total. The number of carbonyl (C=O) groups excluding carboxylic acids is 1. The van der Waals surface area contributed by atoms with Crippen molar-refractivity contribution in [1.29, 1.82) is 0 Å². The molecule has 1 N–H and O–H groups in total. The minimum Gasteiger partial charge on any atom is -0.495 e. The van der Waals surface area contributed by atoms with Crippen LogP contribution >= 0.6 is 0 Å². The van der Waals surface area contributed by atoms with Crippen molar-refractivity contribution in [2.75, 3.05) is 38.2 Å². The van der Waals surface area contributed by atoms with Gasteiger partial charge < -0.3 is 14.5 Å². The molecule has 0 spiro atoms. The molecule has 8 heteroatoms. The first-order valence-corrected chi connectivity index (χ1v) is 11.6. The number of piperazine rings is 1. The minimum absolute atomic E-state index is 0.157. The van der Waals surface area contributed by atoms with E-state index in [0.29, 0.717) is 26.2 Å². The zero-order valence-corrected chi connectivity index (χ0v) is 18.4. The van der Waals surface area contributed by atoms with Crippen molar-refractivity contribution in [2.24, 2.45) is 5.92 Å². The van der Waals surface area contributed by atoms with Gasteiger partial charge in [0.15, 0.2) is 0 Å². The lowest BCUT2D eigenvalue weighted by Crippen LogP contribution is -2.56. The van der Waals surface area contributed by atoms with Gasteiger partial charge in [-0.2, -0.15) is 4.72 Å². The number of hydrogen-bond donors (Lipinski definition) is 1. The molecule has 1 saturated heterocycles. The third-order valence-electron chi connectivity index (χ3n) is 5.29. The Hall–Kier alpha value is -2.58. The Morgan fingerprint density at radius 1 is 0.967 bits per heavy atom. The molecule has 1 unspecified atom stereocenters. The average Bonchev–Trinajstić information content (AvgIpc) is 2.77. The van der Waals surface area contributed by atoms with Crippen LogP contribution in [-0.2, 0) is 14.8 Å². The summed E-state index contributed by atoms with van der Waals surface area (Å²) >= 11 is 0. The lowest BCUT2D eigenvalue weighted by atomic mass is 10.0. The molecule has 1 heterocycles. The third-order valence-corrected chi connectivity index (χ3v) is 6.74. The minimum atomic E-state index is -3.78. The molecule has 2 aromatic rings. The Morgan fingerprint density at radius 2 is 1.57 bits per heavy atom. The fourth-order valence-electron chi connectivity index (χ4n) is 3.56. The second kappa shape index (κ2) is 9.49. The lowest BCUT2D eigenvalue weighted by molar-refractivity contribution is -0.134. The van der Waals surface area contributed by atoms with Gasteiger partial charge in [0.25, 0.3) is 0 Å². The molecule has 1 aliphatic heterocycles. The number of carbonyl (C=O) groups is 1. The van der Waals surface area contributed by atoms with Crippen LogP contribution in [0.1, 0.15) is 13.8 Å². The largest absolute Gasteiger partial charge is 0.495 e. The van der Waals surface area contributed by atoms with Gasteiger partial charge in [0.2, 0.25) is 15.9 Å². The summed E-state index contributed by atoms with van der Waals surface area (Å²) in [6.07, 6.45) is 0. The Balaban J connectivity index is 1.69. The SMILES string of the molecule is COc1ccccc1N1CCN(C(=O)C(NS(=O)(=O)c2ccccc2)C(C)C)CC1. The number of amides is 1. The van der Waals surface area contributed by atoms with Gasteiger partial charge in [-0.3, -0.25) is 4.79 Å². The maximum atomic E-state index is 13.2. The van der Waals surface area contributed by atoms with Gasteiger partial charge in [-0.1, -0.05) is 44.2 Å². The Morgan fingerprint density at radius 3 is 2.17 bits per heavy atom. The van der Waals surface area contributed by atoms with Crippen LogP contribution in [0.2, 0.25) is 0 Å². The predicted molar refractivity (Wildman–Crippen MR) is 117 cm³/mol. The highest BCUT2D eigenvalue weighted by molar-refractivity contribution is 7.89. The molecule has 1 amide bonds. The van der Waals surface area contributed by atoms with E-state index in [9.17, 15) is 13.2 Å². The van der Waals surface area contributed by atoms with Crippen LogP contribution in [0, 0.1) is 5.92 Å². The molecule has 0 aromatic heterocycles. The Kier molecular flexibility index (Phi) is 6.99. The summed E-state index contributed by atoms with van der Waals surface area (Å²) in [6, 6.07) is 15.1. The Labute approximate surface area is 178 Å². The summed E-state index contributed by atoms with van der Waals surface area (Å²) in [5.41, 5.74) is 0.997. The van der Waals surface area contributed by atoms with Crippen LogP contribution in [0.15, 0.2) is 59.5 Å². The van der Waals surface area contributed by atoms with Crippen molar-refractivity contribution in [3.63, 3.8) is 0 Å². The first-order valence-electron chi connectivity index (χ1n) is 10.1. The van der Waals surface area contributed by atoms with Crippen molar-refractivity contribution in [2.45, 2.75) is 24.8 Å². The fraction of sp³-hybridized carbons (Fsp3) is 0.409. The number of para-hydroxylation sites is 2. The molecule has 30 heavy (non-hydrogen) atoms. The van der Waals surface area contributed by atoms with Gasteiger partial charge in [0.1, 0.15) is 11.8 Å². The van der Waals surface area contributed by atoms with Crippen molar-refractivity contribution >= 4 is 21.6 Å². The number of anilines is 1. The normalized spacial score (nSPS) is 15.9. The summed E-state index contributed by atoms with van der Waals surface area (Å²) in [5.74, 6) is 0.431. The second-order valence-corrected chi connectivity index (χ2v) is 9.35. The first-order chi connectivity index (χ1) is 14.3. The van der Waals surface area contributed by atoms with E-state index >= 15 is 0 Å². The maximum Gasteiger partial charge on any atom is 0.241 e. The van der Waals surface area contributed by atoms with E-state index in [1.54, 1.807) is 30.2 Å². The van der Waals surface area contributed by atoms with E-state index in [0.717, 1.165) is 11.4 Å². The van der Waals surface area contributed by atoms with Crippen molar-refractivity contribution in [3.05, 3.63) is 54.6 Å². The summed E-state index contributed by atoms with van der Waals surface area (Å²) in [5, 5.41) is 0. The molecule has 162 valence electrons. The monoisotopic (exact) mass is 431 g/mol. The first kappa shape index (κ1) is 22.1. The number of nitrogens with zero attached hydrogens (tertiary/aromatic N) is 2. The van der Waals surface area contributed by atoms with Gasteiger partial charge in [0, 0.05) is 26.2 Å². The molecule has 2 aromatic carbocycles. The van der Waals surface area contributed by atoms with E-state index in [-0.39, 0.29) is 16.7 Å². The quantitative estimate of drug-likeness (QED) is 0.728. The Bertz CT molecular complexity index is 955. The number of ether oxygens (including phenoxy) is 1. The standard InChI is InChI=1S/C22H29N3O4S/c1-17(2)21(23-30(27,28)18-9-5-4-6-10-18)22(26)25-15-13-24(14-16-25)19-11-7-8-12-20(19)29-3/h4-12,17,21,23H,13-16H2,1-3H3. The summed E-state index contributed by atoms with van der Waals surface area (Å²) in [6.45, 7) is 6.05. The van der Waals surface area contributed by atoms with Gasteiger partial charge in [-0.25, -0.2) is 8.42 Å². The highest BCUT2D eigenvalue weighted by Gasteiger charge is 2.33. The summed E-state index contributed by atoms with van der Waals surface area (Å²) in [4.78, 5) is 17.2. The van der Waals surface area contributed by atoms with Crippen LogP contribution in [0.3, 0.4) is 0 Å². The molecule has 0 bridgehead atoms. The number of sulfonamides is 1. The maximum absolute atomic E-state index is 13.2. The smallest absolute Gasteiger partial charge is 0.241 e. The van der Waals surface area contributed by atoms with E-state index in [1.807, 2.05) is 38.1 Å². The fourth-order valence-corrected chi connectivity index (χ4v) is 4.92. The highest BCUT2D eigenvalue weighted by Crippen LogP contribution is 2.28. The third kappa shape index (κ3) is 4.94. The summed E-state index contributed by atoms with van der Waals surface area (Å²) < 4.78 is 33.5. The summed E-state index contributed by atoms with van der Waals surface area (Å²) in [7, 11) is -2.13. The zero-order chi connectivity index (χ0) is 21.7. The molecular weight excluding hydrogens is 402 g/mol. The van der Waals surface area contributed by atoms with Crippen molar-refractivity contribution in [1.82, 2.24) is 9.62 Å². The number of methoxy groups -OCH3 is 1. The van der Waals surface area contributed by atoms with Crippen molar-refractivity contribution < 1.29 is 17.9 Å². The number of rotatable bonds is 7. The van der Waals surface area contributed by atoms with E-state index in [1.165, 1.54) is 12.1 Å². The van der Waals surface area contributed by atoms with Crippen LogP contribution in [0.5, 0.6) is 5.75 Å². The van der Waals surface area contributed by atoms with Gasteiger partial charge in [-0.15, -0.1) is 0 Å². The van der Waals surface area contributed by atoms with Crippen LogP contribution in [0.25, 0.3) is 0 Å². The molecule has 1 atom stereocenters. The predicted octanol–water partition coefficient (Wildman–Crippen LogP) is 2.35. The molecule has 0 aliphatic carbocycles. The van der Waals surface area contributed by atoms with Gasteiger partial charge in [-0.05, 0) is 30.2 Å².